The van der Waals surface area contributed by atoms with Crippen LogP contribution in [0, 0.1) is 0 Å². The summed E-state index contributed by atoms with van der Waals surface area (Å²) in [4.78, 5) is 17.8. The quantitative estimate of drug-likeness (QED) is 0.576. The minimum absolute atomic E-state index is 0.396. The van der Waals surface area contributed by atoms with Gasteiger partial charge in [0.15, 0.2) is 0 Å². The fraction of sp³-hybridized carbons (Fsp3) is 0.333. The minimum Gasteiger partial charge on any atom is -0.492 e. The molecule has 25 heavy (non-hydrogen) atoms. The molecule has 0 fully saturated rings. The van der Waals surface area contributed by atoms with Gasteiger partial charge in [-0.2, -0.15) is 0 Å². The van der Waals surface area contributed by atoms with Crippen LogP contribution in [-0.2, 0) is 12.8 Å². The van der Waals surface area contributed by atoms with Crippen molar-refractivity contribution in [1.29, 1.82) is 0 Å². The maximum absolute atomic E-state index is 12.0. The summed E-state index contributed by atoms with van der Waals surface area (Å²) in [7, 11) is 0. The van der Waals surface area contributed by atoms with Crippen molar-refractivity contribution in [3.8, 4) is 5.75 Å². The molecule has 0 aliphatic heterocycles. The molecule has 1 heterocycles. The van der Waals surface area contributed by atoms with E-state index in [0.717, 1.165) is 51.5 Å². The van der Waals surface area contributed by atoms with Crippen LogP contribution >= 0.6 is 43.2 Å². The maximum atomic E-state index is 12.0. The summed E-state index contributed by atoms with van der Waals surface area (Å²) in [5.41, 5.74) is 8.15. The number of amides is 1. The van der Waals surface area contributed by atoms with Gasteiger partial charge in [0, 0.05) is 21.1 Å². The zero-order valence-electron chi connectivity index (χ0n) is 13.8. The number of thiophene rings is 1. The van der Waals surface area contributed by atoms with Crippen LogP contribution in [0.15, 0.2) is 26.1 Å². The maximum Gasteiger partial charge on any atom is 0.252 e. The van der Waals surface area contributed by atoms with E-state index in [0.29, 0.717) is 17.2 Å². The lowest BCUT2D eigenvalue weighted by Gasteiger charge is -2.11. The molecule has 4 nitrogen and oxygen atoms in total. The molecule has 7 heteroatoms. The second-order valence-corrected chi connectivity index (χ2v) is 8.61. The number of carbonyl (C=O) groups is 1. The molecule has 2 N–H and O–H groups in total. The Hall–Kier alpha value is -1.18. The van der Waals surface area contributed by atoms with E-state index < -0.39 is 5.91 Å². The summed E-state index contributed by atoms with van der Waals surface area (Å²) in [6.07, 6.45) is 5.90. The van der Waals surface area contributed by atoms with Crippen LogP contribution in [0.3, 0.4) is 0 Å². The highest BCUT2D eigenvalue weighted by Crippen LogP contribution is 2.40. The number of nitrogens with zero attached hydrogens (tertiary/aromatic N) is 1. The third-order valence-electron chi connectivity index (χ3n) is 4.05. The van der Waals surface area contributed by atoms with Crippen molar-refractivity contribution in [3.63, 3.8) is 0 Å². The largest absolute Gasteiger partial charge is 0.492 e. The molecule has 1 amide bonds. The monoisotopic (exact) mass is 484 g/mol. The van der Waals surface area contributed by atoms with E-state index in [2.05, 4.69) is 36.9 Å². The van der Waals surface area contributed by atoms with Crippen LogP contribution in [0.25, 0.3) is 0 Å². The molecule has 0 unspecified atom stereocenters. The zero-order chi connectivity index (χ0) is 18.0. The van der Waals surface area contributed by atoms with Gasteiger partial charge >= 0.3 is 0 Å². The normalized spacial score (nSPS) is 13.9. The van der Waals surface area contributed by atoms with Gasteiger partial charge in [0.1, 0.15) is 10.8 Å². The SMILES string of the molecule is CCOc1c(Br)cc(Br)cc1C=Nc1sc2c(c1C(N)=O)CCCC2. The molecule has 3 rings (SSSR count). The second-order valence-electron chi connectivity index (χ2n) is 5.75. The summed E-state index contributed by atoms with van der Waals surface area (Å²) in [5, 5.41) is 0.693. The smallest absolute Gasteiger partial charge is 0.252 e. The number of aliphatic imine (C=N–C) groups is 1. The second kappa shape index (κ2) is 8.01. The molecule has 0 bridgehead atoms. The molecule has 0 spiro atoms. The Morgan fingerprint density at radius 3 is 2.84 bits per heavy atom. The standard InChI is InChI=1S/C18H18Br2N2O2S/c1-2-24-16-10(7-11(19)8-13(16)20)9-22-18-15(17(21)23)12-5-3-4-6-14(12)25-18/h7-9H,2-6H2,1H3,(H2,21,23). The van der Waals surface area contributed by atoms with E-state index in [1.165, 1.54) is 4.88 Å². The highest BCUT2D eigenvalue weighted by Gasteiger charge is 2.23. The molecule has 1 aliphatic carbocycles. The van der Waals surface area contributed by atoms with Gasteiger partial charge in [-0.05, 0) is 66.2 Å². The van der Waals surface area contributed by atoms with Crippen LogP contribution in [0.2, 0.25) is 0 Å². The number of halogens is 2. The first-order valence-corrected chi connectivity index (χ1v) is 10.5. The molecule has 0 atom stereocenters. The average Bonchev–Trinajstić information content (AvgIpc) is 2.94. The number of primary amides is 1. The van der Waals surface area contributed by atoms with Crippen molar-refractivity contribution in [2.75, 3.05) is 6.61 Å². The van der Waals surface area contributed by atoms with Crippen molar-refractivity contribution in [3.05, 3.63) is 42.6 Å². The number of hydrogen-bond donors (Lipinski definition) is 1. The van der Waals surface area contributed by atoms with E-state index in [-0.39, 0.29) is 0 Å². The lowest BCUT2D eigenvalue weighted by Crippen LogP contribution is -2.14. The minimum atomic E-state index is -0.396. The molecular weight excluding hydrogens is 468 g/mol. The van der Waals surface area contributed by atoms with E-state index in [1.807, 2.05) is 19.1 Å². The Labute approximate surface area is 167 Å². The summed E-state index contributed by atoms with van der Waals surface area (Å²) >= 11 is 8.59. The Balaban J connectivity index is 2.03. The van der Waals surface area contributed by atoms with Gasteiger partial charge in [-0.3, -0.25) is 4.79 Å². The number of rotatable bonds is 5. The Morgan fingerprint density at radius 2 is 2.12 bits per heavy atom. The van der Waals surface area contributed by atoms with Crippen molar-refractivity contribution in [2.45, 2.75) is 32.6 Å². The summed E-state index contributed by atoms with van der Waals surface area (Å²) in [5.74, 6) is 0.336. The number of hydrogen-bond acceptors (Lipinski definition) is 4. The molecular formula is C18H18Br2N2O2S. The number of benzene rings is 1. The van der Waals surface area contributed by atoms with Crippen LogP contribution in [0.5, 0.6) is 5.75 Å². The number of nitrogens with two attached hydrogens (primary N) is 1. The van der Waals surface area contributed by atoms with Gasteiger partial charge in [0.2, 0.25) is 0 Å². The van der Waals surface area contributed by atoms with Crippen molar-refractivity contribution in [1.82, 2.24) is 0 Å². The van der Waals surface area contributed by atoms with Crippen LogP contribution in [-0.4, -0.2) is 18.7 Å². The van der Waals surface area contributed by atoms with Crippen molar-refractivity contribution < 1.29 is 9.53 Å². The number of fused-ring (bicyclic) bond motifs is 1. The van der Waals surface area contributed by atoms with Crippen molar-refractivity contribution in [2.24, 2.45) is 10.7 Å². The molecule has 1 aromatic carbocycles. The average molecular weight is 486 g/mol. The fourth-order valence-electron chi connectivity index (χ4n) is 3.00. The van der Waals surface area contributed by atoms with Gasteiger partial charge < -0.3 is 10.5 Å². The van der Waals surface area contributed by atoms with Gasteiger partial charge in [0.05, 0.1) is 16.6 Å². The number of aryl methyl sites for hydroxylation is 1. The third-order valence-corrected chi connectivity index (χ3v) is 6.29. The first-order chi connectivity index (χ1) is 12.0. The van der Waals surface area contributed by atoms with Gasteiger partial charge in [-0.1, -0.05) is 15.9 Å². The van der Waals surface area contributed by atoms with Gasteiger partial charge in [0.25, 0.3) is 5.91 Å². The highest BCUT2D eigenvalue weighted by atomic mass is 79.9. The Kier molecular flexibility index (Phi) is 5.96. The van der Waals surface area contributed by atoms with Crippen LogP contribution in [0.1, 0.15) is 46.1 Å². The van der Waals surface area contributed by atoms with Crippen molar-refractivity contribution >= 4 is 60.3 Å². The topological polar surface area (TPSA) is 64.7 Å². The Bertz CT molecular complexity index is 846. The molecule has 1 aliphatic rings. The molecule has 132 valence electrons. The zero-order valence-corrected chi connectivity index (χ0v) is 17.8. The van der Waals surface area contributed by atoms with E-state index >= 15 is 0 Å². The van der Waals surface area contributed by atoms with Crippen LogP contribution in [0.4, 0.5) is 5.00 Å². The summed E-state index contributed by atoms with van der Waals surface area (Å²) in [6, 6.07) is 3.87. The predicted molar refractivity (Wildman–Crippen MR) is 110 cm³/mol. The lowest BCUT2D eigenvalue weighted by atomic mass is 9.95. The summed E-state index contributed by atoms with van der Waals surface area (Å²) < 4.78 is 7.50. The molecule has 2 aromatic rings. The molecule has 0 saturated carbocycles. The van der Waals surface area contributed by atoms with Crippen LogP contribution < -0.4 is 10.5 Å². The van der Waals surface area contributed by atoms with E-state index in [1.54, 1.807) is 17.6 Å². The third kappa shape index (κ3) is 3.99. The highest BCUT2D eigenvalue weighted by molar-refractivity contribution is 9.11. The first kappa shape index (κ1) is 18.6. The molecule has 0 radical (unpaired) electrons. The molecule has 0 saturated heterocycles. The molecule has 1 aromatic heterocycles. The lowest BCUT2D eigenvalue weighted by molar-refractivity contribution is 0.100. The fourth-order valence-corrected chi connectivity index (χ4v) is 5.61. The first-order valence-electron chi connectivity index (χ1n) is 8.11. The van der Waals surface area contributed by atoms with Gasteiger partial charge in [-0.25, -0.2) is 4.99 Å². The Morgan fingerprint density at radius 1 is 1.36 bits per heavy atom. The predicted octanol–water partition coefficient (Wildman–Crippen LogP) is 5.40. The summed E-state index contributed by atoms with van der Waals surface area (Å²) in [6.45, 7) is 2.49. The van der Waals surface area contributed by atoms with Gasteiger partial charge in [-0.15, -0.1) is 11.3 Å². The number of ether oxygens (including phenoxy) is 1. The number of carbonyl (C=O) groups excluding carboxylic acids is 1. The van der Waals surface area contributed by atoms with E-state index in [9.17, 15) is 4.79 Å². The van der Waals surface area contributed by atoms with E-state index in [4.69, 9.17) is 10.5 Å².